The lowest BCUT2D eigenvalue weighted by molar-refractivity contribution is -0.115. The monoisotopic (exact) mass is 499 g/mol. The highest BCUT2D eigenvalue weighted by molar-refractivity contribution is 5.98. The van der Waals surface area contributed by atoms with Gasteiger partial charge in [0.15, 0.2) is 0 Å². The van der Waals surface area contributed by atoms with Gasteiger partial charge in [-0.3, -0.25) is 14.4 Å². The van der Waals surface area contributed by atoms with Crippen LogP contribution in [-0.4, -0.2) is 73.5 Å². The van der Waals surface area contributed by atoms with Gasteiger partial charge in [-0.05, 0) is 31.2 Å². The normalized spacial score (nSPS) is 21.1. The van der Waals surface area contributed by atoms with Crippen LogP contribution in [0.3, 0.4) is 0 Å². The Morgan fingerprint density at radius 1 is 1.17 bits per heavy atom. The summed E-state index contributed by atoms with van der Waals surface area (Å²) in [7, 11) is 3.24. The molecule has 0 radical (unpaired) electrons. The summed E-state index contributed by atoms with van der Waals surface area (Å²) in [6.07, 6.45) is -0.0608. The number of ether oxygens (including phenoxy) is 2. The number of likely N-dealkylation sites (N-methyl/N-ethyl adjacent to an activating group) is 1. The van der Waals surface area contributed by atoms with Crippen molar-refractivity contribution in [1.29, 1.82) is 0 Å². The summed E-state index contributed by atoms with van der Waals surface area (Å²) in [5, 5.41) is 2.77. The highest BCUT2D eigenvalue weighted by atomic mass is 19.1. The maximum atomic E-state index is 14.5. The van der Waals surface area contributed by atoms with Crippen molar-refractivity contribution in [1.82, 2.24) is 9.80 Å². The van der Waals surface area contributed by atoms with Gasteiger partial charge in [-0.1, -0.05) is 26.0 Å². The number of nitrogens with one attached hydrogen (secondary N) is 1. The van der Waals surface area contributed by atoms with Crippen molar-refractivity contribution in [3.63, 3.8) is 0 Å². The van der Waals surface area contributed by atoms with E-state index in [1.807, 2.05) is 13.8 Å². The summed E-state index contributed by atoms with van der Waals surface area (Å²) in [5.74, 6) is -1.33. The molecule has 36 heavy (non-hydrogen) atoms. The molecule has 1 aliphatic rings. The van der Waals surface area contributed by atoms with Gasteiger partial charge < -0.3 is 24.6 Å². The minimum atomic E-state index is -0.593. The number of amides is 3. The number of carbonyl (C=O) groups excluding carboxylic acids is 3. The van der Waals surface area contributed by atoms with Crippen molar-refractivity contribution in [2.75, 3.05) is 39.2 Å². The number of fused-ring (bicyclic) bond motifs is 1. The highest BCUT2D eigenvalue weighted by Gasteiger charge is 2.31. The molecule has 0 aliphatic carbocycles. The summed E-state index contributed by atoms with van der Waals surface area (Å²) < 4.78 is 26.3. The Hall–Kier alpha value is -3.46. The number of carbonyl (C=O) groups is 3. The number of methoxy groups -OCH3 is 1. The van der Waals surface area contributed by atoms with Crippen molar-refractivity contribution in [3.8, 4) is 5.75 Å². The van der Waals surface area contributed by atoms with Crippen LogP contribution in [0.4, 0.5) is 10.1 Å². The molecule has 194 valence electrons. The first-order valence-electron chi connectivity index (χ1n) is 12.1. The molecule has 0 saturated carbocycles. The molecule has 3 atom stereocenters. The van der Waals surface area contributed by atoms with E-state index in [9.17, 15) is 18.8 Å². The zero-order valence-corrected chi connectivity index (χ0v) is 21.4. The molecule has 1 aliphatic heterocycles. The van der Waals surface area contributed by atoms with Crippen molar-refractivity contribution < 1.29 is 28.2 Å². The van der Waals surface area contributed by atoms with Crippen LogP contribution in [0.5, 0.6) is 5.75 Å². The van der Waals surface area contributed by atoms with Crippen molar-refractivity contribution >= 4 is 23.4 Å². The molecule has 2 aromatic rings. The van der Waals surface area contributed by atoms with Gasteiger partial charge in [-0.2, -0.15) is 0 Å². The Labute approximate surface area is 211 Å². The van der Waals surface area contributed by atoms with Gasteiger partial charge in [0.1, 0.15) is 18.2 Å². The zero-order chi connectivity index (χ0) is 26.4. The lowest BCUT2D eigenvalue weighted by atomic mass is 10.0. The summed E-state index contributed by atoms with van der Waals surface area (Å²) in [6, 6.07) is 10.3. The molecule has 0 bridgehead atoms. The predicted octanol–water partition coefficient (Wildman–Crippen LogP) is 3.82. The third-order valence-corrected chi connectivity index (χ3v) is 6.42. The topological polar surface area (TPSA) is 88.2 Å². The molecule has 0 fully saturated rings. The molecule has 9 heteroatoms. The molecular weight excluding hydrogens is 465 g/mol. The maximum Gasteiger partial charge on any atom is 0.257 e. The van der Waals surface area contributed by atoms with E-state index < -0.39 is 17.8 Å². The van der Waals surface area contributed by atoms with Gasteiger partial charge in [0.05, 0.1) is 23.3 Å². The van der Waals surface area contributed by atoms with Crippen molar-refractivity contribution in [3.05, 3.63) is 59.4 Å². The van der Waals surface area contributed by atoms with E-state index in [-0.39, 0.29) is 54.8 Å². The Morgan fingerprint density at radius 2 is 1.89 bits per heavy atom. The van der Waals surface area contributed by atoms with Crippen LogP contribution in [0, 0.1) is 11.7 Å². The van der Waals surface area contributed by atoms with Gasteiger partial charge in [-0.15, -0.1) is 0 Å². The van der Waals surface area contributed by atoms with Crippen molar-refractivity contribution in [2.24, 2.45) is 5.92 Å². The average molecular weight is 500 g/mol. The predicted molar refractivity (Wildman–Crippen MR) is 135 cm³/mol. The van der Waals surface area contributed by atoms with Gasteiger partial charge >= 0.3 is 0 Å². The van der Waals surface area contributed by atoms with Gasteiger partial charge in [0.2, 0.25) is 5.91 Å². The van der Waals surface area contributed by atoms with Crippen LogP contribution in [0.2, 0.25) is 0 Å². The fraction of sp³-hybridized carbons (Fsp3) is 0.444. The molecule has 3 amide bonds. The fourth-order valence-electron chi connectivity index (χ4n) is 4.17. The van der Waals surface area contributed by atoms with Gasteiger partial charge in [-0.25, -0.2) is 4.39 Å². The quantitative estimate of drug-likeness (QED) is 0.691. The maximum absolute atomic E-state index is 14.5. The van der Waals surface area contributed by atoms with Crippen LogP contribution in [0.15, 0.2) is 42.5 Å². The molecule has 1 N–H and O–H groups in total. The van der Waals surface area contributed by atoms with Crippen LogP contribution in [0.25, 0.3) is 0 Å². The van der Waals surface area contributed by atoms with Crippen LogP contribution >= 0.6 is 0 Å². The van der Waals surface area contributed by atoms with E-state index in [1.165, 1.54) is 18.2 Å². The lowest BCUT2D eigenvalue weighted by Crippen LogP contribution is -2.48. The molecule has 0 unspecified atom stereocenters. The van der Waals surface area contributed by atoms with Crippen LogP contribution < -0.4 is 10.1 Å². The first-order valence-corrected chi connectivity index (χ1v) is 12.1. The Bertz CT molecular complexity index is 1110. The number of anilines is 1. The minimum Gasteiger partial charge on any atom is -0.491 e. The van der Waals surface area contributed by atoms with Gasteiger partial charge in [0, 0.05) is 51.3 Å². The molecule has 3 rings (SSSR count). The number of hydrogen-bond acceptors (Lipinski definition) is 5. The van der Waals surface area contributed by atoms with E-state index in [0.717, 1.165) is 0 Å². The molecular formula is C27H34FN3O5. The SMILES string of the molecule is CCC(=O)Nc1ccc2c(c1)OC[C@@H](C)N(C(=O)c1ccccc1F)C[C@H](C)[C@@H](OC)CN(C)C2=O. The third-order valence-electron chi connectivity index (χ3n) is 6.42. The first kappa shape index (κ1) is 27.1. The number of nitrogens with zero attached hydrogens (tertiary/aromatic N) is 2. The molecule has 8 nitrogen and oxygen atoms in total. The van der Waals surface area contributed by atoms with E-state index in [4.69, 9.17) is 9.47 Å². The summed E-state index contributed by atoms with van der Waals surface area (Å²) >= 11 is 0. The second-order valence-corrected chi connectivity index (χ2v) is 9.15. The minimum absolute atomic E-state index is 0.0186. The Morgan fingerprint density at radius 3 is 2.56 bits per heavy atom. The molecule has 1 heterocycles. The van der Waals surface area contributed by atoms with Crippen LogP contribution in [-0.2, 0) is 9.53 Å². The molecule has 2 aromatic carbocycles. The standard InChI is InChI=1S/C27H34FN3O5/c1-6-25(32)29-19-11-12-21-23(13-19)36-16-18(3)31(27(34)20-9-7-8-10-22(20)28)14-17(2)24(35-5)15-30(4)26(21)33/h7-13,17-18,24H,6,14-16H2,1-5H3,(H,29,32)/t17-,18+,24-/m0/s1. The van der Waals surface area contributed by atoms with E-state index in [0.29, 0.717) is 17.7 Å². The number of halogens is 1. The lowest BCUT2D eigenvalue weighted by Gasteiger charge is -2.36. The molecule has 0 aromatic heterocycles. The van der Waals surface area contributed by atoms with Crippen LogP contribution in [0.1, 0.15) is 47.9 Å². The number of benzene rings is 2. The highest BCUT2D eigenvalue weighted by Crippen LogP contribution is 2.27. The average Bonchev–Trinajstić information content (AvgIpc) is 2.87. The fourth-order valence-corrected chi connectivity index (χ4v) is 4.17. The second kappa shape index (κ2) is 12.0. The van der Waals surface area contributed by atoms with Crippen molar-refractivity contribution in [2.45, 2.75) is 39.3 Å². The molecule has 0 spiro atoms. The van der Waals surface area contributed by atoms with E-state index >= 15 is 0 Å². The smallest absolute Gasteiger partial charge is 0.257 e. The Kier molecular flexibility index (Phi) is 9.03. The summed E-state index contributed by atoms with van der Waals surface area (Å²) in [4.78, 5) is 41.7. The summed E-state index contributed by atoms with van der Waals surface area (Å²) in [6.45, 7) is 6.10. The third kappa shape index (κ3) is 6.20. The van der Waals surface area contributed by atoms with Gasteiger partial charge in [0.25, 0.3) is 11.8 Å². The largest absolute Gasteiger partial charge is 0.491 e. The number of rotatable bonds is 4. The second-order valence-electron chi connectivity index (χ2n) is 9.15. The Balaban J connectivity index is 2.01. The number of hydrogen-bond donors (Lipinski definition) is 1. The van der Waals surface area contributed by atoms with E-state index in [2.05, 4.69) is 5.32 Å². The molecule has 0 saturated heterocycles. The summed E-state index contributed by atoms with van der Waals surface area (Å²) in [5.41, 5.74) is 0.808. The van der Waals surface area contributed by atoms with E-state index in [1.54, 1.807) is 55.1 Å². The zero-order valence-electron chi connectivity index (χ0n) is 21.4. The first-order chi connectivity index (χ1) is 17.2.